The Morgan fingerprint density at radius 2 is 1.85 bits per heavy atom. The van der Waals surface area contributed by atoms with Crippen LogP contribution in [0.1, 0.15) is 32.6 Å². The van der Waals surface area contributed by atoms with Crippen molar-refractivity contribution in [2.45, 2.75) is 50.9 Å². The van der Waals surface area contributed by atoms with Gasteiger partial charge >= 0.3 is 0 Å². The number of epoxide rings is 1. The Morgan fingerprint density at radius 1 is 1.31 bits per heavy atom. The summed E-state index contributed by atoms with van der Waals surface area (Å²) >= 11 is 0. The molecule has 0 aromatic rings. The van der Waals surface area contributed by atoms with Crippen LogP contribution in [0.5, 0.6) is 0 Å². The van der Waals surface area contributed by atoms with E-state index < -0.39 is 0 Å². The largest absolute Gasteiger partial charge is 0.390 e. The van der Waals surface area contributed by atoms with Crippen LogP contribution in [0.2, 0.25) is 0 Å². The Labute approximate surface area is 80.0 Å². The van der Waals surface area contributed by atoms with Crippen LogP contribution in [-0.2, 0) is 9.47 Å². The van der Waals surface area contributed by atoms with Gasteiger partial charge in [-0.2, -0.15) is 0 Å². The third-order valence-corrected chi connectivity index (χ3v) is 2.47. The van der Waals surface area contributed by atoms with E-state index in [-0.39, 0.29) is 12.2 Å². The first kappa shape index (κ1) is 11.0. The Hall–Kier alpha value is -0.120. The van der Waals surface area contributed by atoms with Gasteiger partial charge in [0, 0.05) is 7.11 Å². The third-order valence-electron chi connectivity index (χ3n) is 2.47. The number of rotatable bonds is 1. The molecule has 1 saturated carbocycles. The summed E-state index contributed by atoms with van der Waals surface area (Å²) in [6, 6.07) is 0. The van der Waals surface area contributed by atoms with Crippen LogP contribution in [0, 0.1) is 0 Å². The van der Waals surface area contributed by atoms with Crippen molar-refractivity contribution in [2.24, 2.45) is 0 Å². The van der Waals surface area contributed by atoms with Crippen molar-refractivity contribution in [3.8, 4) is 0 Å². The molecule has 1 N–H and O–H groups in total. The van der Waals surface area contributed by atoms with Crippen LogP contribution >= 0.6 is 0 Å². The zero-order valence-electron chi connectivity index (χ0n) is 8.53. The molecule has 3 unspecified atom stereocenters. The van der Waals surface area contributed by atoms with Gasteiger partial charge in [-0.05, 0) is 19.8 Å². The zero-order valence-corrected chi connectivity index (χ0v) is 8.53. The lowest BCUT2D eigenvalue weighted by Crippen LogP contribution is -2.30. The molecule has 1 aliphatic heterocycles. The maximum atomic E-state index is 9.24. The third kappa shape index (κ3) is 4.60. The standard InChI is InChI=1S/C7H14O2.C3H6O/c1-9-7-5-3-2-4-6(7)8;1-3-2-4-3/h6-8H,2-5H2,1H3;3H,2H2,1H3. The van der Waals surface area contributed by atoms with Crippen molar-refractivity contribution in [1.82, 2.24) is 0 Å². The van der Waals surface area contributed by atoms with Crippen LogP contribution in [0.25, 0.3) is 0 Å². The van der Waals surface area contributed by atoms with Crippen LogP contribution in [0.3, 0.4) is 0 Å². The van der Waals surface area contributed by atoms with E-state index in [1.807, 2.05) is 0 Å². The minimum Gasteiger partial charge on any atom is -0.390 e. The average Bonchev–Trinajstić information content (AvgIpc) is 2.90. The second-order valence-corrected chi connectivity index (χ2v) is 3.77. The molecule has 2 aliphatic rings. The molecule has 0 radical (unpaired) electrons. The second kappa shape index (κ2) is 5.58. The Bertz CT molecular complexity index is 134. The Kier molecular flexibility index (Phi) is 4.70. The quantitative estimate of drug-likeness (QED) is 0.631. The number of ether oxygens (including phenoxy) is 2. The van der Waals surface area contributed by atoms with Gasteiger partial charge < -0.3 is 14.6 Å². The minimum absolute atomic E-state index is 0.110. The Balaban J connectivity index is 0.000000175. The highest BCUT2D eigenvalue weighted by molar-refractivity contribution is 4.73. The van der Waals surface area contributed by atoms with Gasteiger partial charge in [0.15, 0.2) is 0 Å². The summed E-state index contributed by atoms with van der Waals surface area (Å²) in [7, 11) is 1.67. The van der Waals surface area contributed by atoms with Gasteiger partial charge in [-0.15, -0.1) is 0 Å². The molecule has 0 amide bonds. The SMILES string of the molecule is CC1CO1.COC1CCCCC1O. The van der Waals surface area contributed by atoms with Crippen molar-refractivity contribution < 1.29 is 14.6 Å². The van der Waals surface area contributed by atoms with Crippen LogP contribution in [0.15, 0.2) is 0 Å². The van der Waals surface area contributed by atoms with Crippen LogP contribution in [0.4, 0.5) is 0 Å². The maximum Gasteiger partial charge on any atom is 0.0830 e. The highest BCUT2D eigenvalue weighted by Gasteiger charge is 2.21. The van der Waals surface area contributed by atoms with Crippen molar-refractivity contribution in [2.75, 3.05) is 13.7 Å². The van der Waals surface area contributed by atoms with E-state index in [2.05, 4.69) is 6.92 Å². The predicted molar refractivity (Wildman–Crippen MR) is 50.7 cm³/mol. The molecular weight excluding hydrogens is 168 g/mol. The first-order valence-electron chi connectivity index (χ1n) is 5.06. The van der Waals surface area contributed by atoms with E-state index >= 15 is 0 Å². The smallest absolute Gasteiger partial charge is 0.0830 e. The fourth-order valence-corrected chi connectivity index (χ4v) is 1.45. The van der Waals surface area contributed by atoms with Gasteiger partial charge in [-0.25, -0.2) is 0 Å². The molecule has 0 spiro atoms. The highest BCUT2D eigenvalue weighted by atomic mass is 16.6. The zero-order chi connectivity index (χ0) is 9.68. The lowest BCUT2D eigenvalue weighted by molar-refractivity contribution is -0.0359. The molecule has 2 fully saturated rings. The molecule has 78 valence electrons. The monoisotopic (exact) mass is 188 g/mol. The van der Waals surface area contributed by atoms with E-state index in [0.717, 1.165) is 25.9 Å². The van der Waals surface area contributed by atoms with Crippen molar-refractivity contribution in [3.05, 3.63) is 0 Å². The number of hydrogen-bond donors (Lipinski definition) is 1. The topological polar surface area (TPSA) is 42.0 Å². The number of aliphatic hydroxyl groups is 1. The van der Waals surface area contributed by atoms with E-state index in [1.54, 1.807) is 7.11 Å². The normalized spacial score (nSPS) is 37.6. The van der Waals surface area contributed by atoms with E-state index in [9.17, 15) is 5.11 Å². The van der Waals surface area contributed by atoms with Gasteiger partial charge in [-0.1, -0.05) is 12.8 Å². The summed E-state index contributed by atoms with van der Waals surface area (Å²) in [6.45, 7) is 3.04. The lowest BCUT2D eigenvalue weighted by Gasteiger charge is -2.25. The number of methoxy groups -OCH3 is 1. The van der Waals surface area contributed by atoms with Gasteiger partial charge in [-0.3, -0.25) is 0 Å². The summed E-state index contributed by atoms with van der Waals surface area (Å²) in [6.07, 6.45) is 4.79. The molecule has 3 nitrogen and oxygen atoms in total. The Morgan fingerprint density at radius 3 is 2.15 bits per heavy atom. The van der Waals surface area contributed by atoms with Crippen molar-refractivity contribution in [1.29, 1.82) is 0 Å². The average molecular weight is 188 g/mol. The molecule has 3 heteroatoms. The highest BCUT2D eigenvalue weighted by Crippen LogP contribution is 2.19. The molecule has 0 aromatic carbocycles. The summed E-state index contributed by atoms with van der Waals surface area (Å²) in [5.74, 6) is 0. The fourth-order valence-electron chi connectivity index (χ4n) is 1.45. The van der Waals surface area contributed by atoms with Gasteiger partial charge in [0.25, 0.3) is 0 Å². The molecule has 1 aliphatic carbocycles. The molecule has 2 rings (SSSR count). The number of hydrogen-bond acceptors (Lipinski definition) is 3. The predicted octanol–water partition coefficient (Wildman–Crippen LogP) is 1.34. The van der Waals surface area contributed by atoms with E-state index in [4.69, 9.17) is 9.47 Å². The summed E-state index contributed by atoms with van der Waals surface area (Å²) in [4.78, 5) is 0. The first-order valence-corrected chi connectivity index (χ1v) is 5.06. The van der Waals surface area contributed by atoms with Gasteiger partial charge in [0.1, 0.15) is 0 Å². The van der Waals surface area contributed by atoms with Crippen molar-refractivity contribution in [3.63, 3.8) is 0 Å². The summed E-state index contributed by atoms with van der Waals surface area (Å²) in [5, 5.41) is 9.24. The molecular formula is C10H20O3. The van der Waals surface area contributed by atoms with Gasteiger partial charge in [0.05, 0.1) is 24.9 Å². The van der Waals surface area contributed by atoms with E-state index in [0.29, 0.717) is 6.10 Å². The molecule has 0 aromatic heterocycles. The lowest BCUT2D eigenvalue weighted by atomic mass is 9.95. The van der Waals surface area contributed by atoms with Crippen LogP contribution < -0.4 is 0 Å². The second-order valence-electron chi connectivity index (χ2n) is 3.77. The molecule has 3 atom stereocenters. The van der Waals surface area contributed by atoms with Gasteiger partial charge in [0.2, 0.25) is 0 Å². The minimum atomic E-state index is -0.205. The molecule has 0 bridgehead atoms. The molecule has 1 heterocycles. The maximum absolute atomic E-state index is 9.24. The summed E-state index contributed by atoms with van der Waals surface area (Å²) in [5.41, 5.74) is 0. The van der Waals surface area contributed by atoms with Crippen molar-refractivity contribution >= 4 is 0 Å². The first-order chi connectivity index (χ1) is 6.24. The molecule has 1 saturated heterocycles. The molecule has 13 heavy (non-hydrogen) atoms. The van der Waals surface area contributed by atoms with E-state index in [1.165, 1.54) is 6.42 Å². The number of aliphatic hydroxyl groups excluding tert-OH is 1. The summed E-state index contributed by atoms with van der Waals surface area (Å²) < 4.78 is 9.76. The fraction of sp³-hybridized carbons (Fsp3) is 1.00. The van der Waals surface area contributed by atoms with Crippen LogP contribution in [-0.4, -0.2) is 37.1 Å².